The van der Waals surface area contributed by atoms with E-state index in [4.69, 9.17) is 4.74 Å². The zero-order valence-corrected chi connectivity index (χ0v) is 15.7. The van der Waals surface area contributed by atoms with E-state index in [1.165, 1.54) is 18.9 Å². The Balaban J connectivity index is 2.01. The molecule has 0 atom stereocenters. The number of para-hydroxylation sites is 1. The lowest BCUT2D eigenvalue weighted by atomic mass is 10.0. The van der Waals surface area contributed by atoms with Crippen molar-refractivity contribution in [2.24, 2.45) is 0 Å². The van der Waals surface area contributed by atoms with E-state index in [1.54, 1.807) is 4.57 Å². The monoisotopic (exact) mass is 372 g/mol. The number of esters is 1. The summed E-state index contributed by atoms with van der Waals surface area (Å²) in [6.07, 6.45) is 0.827. The number of carbonyl (C=O) groups is 1. The molecule has 1 aromatic carbocycles. The average molecular weight is 372 g/mol. The van der Waals surface area contributed by atoms with Gasteiger partial charge in [-0.3, -0.25) is 9.55 Å². The van der Waals surface area contributed by atoms with E-state index >= 15 is 0 Å². The summed E-state index contributed by atoms with van der Waals surface area (Å²) in [6.45, 7) is 4.48. The van der Waals surface area contributed by atoms with Crippen molar-refractivity contribution in [2.75, 3.05) is 7.11 Å². The van der Waals surface area contributed by atoms with Gasteiger partial charge in [0, 0.05) is 17.7 Å². The van der Waals surface area contributed by atoms with Crippen LogP contribution in [0.2, 0.25) is 0 Å². The molecule has 0 unspecified atom stereocenters. The topological polar surface area (TPSA) is 89.9 Å². The first kappa shape index (κ1) is 18.2. The van der Waals surface area contributed by atoms with Gasteiger partial charge in [0.15, 0.2) is 5.16 Å². The second kappa shape index (κ2) is 7.74. The number of carbonyl (C=O) groups excluding carboxylic acids is 1. The maximum Gasteiger partial charge on any atom is 0.343 e. The SMILES string of the molecule is CCCn1c(SCc2nc3ccccc3c(C)c2C(=O)OC)n[nH]c1=O. The number of pyridine rings is 1. The van der Waals surface area contributed by atoms with Crippen molar-refractivity contribution in [1.29, 1.82) is 0 Å². The van der Waals surface area contributed by atoms with Gasteiger partial charge in [0.25, 0.3) is 0 Å². The van der Waals surface area contributed by atoms with Crippen LogP contribution in [0.3, 0.4) is 0 Å². The Morgan fingerprint density at radius 3 is 2.85 bits per heavy atom. The standard InChI is InChI=1S/C18H20N4O3S/c1-4-9-22-17(24)20-21-18(22)26-10-14-15(16(23)25-3)11(2)12-7-5-6-8-13(12)19-14/h5-8H,4,9-10H2,1-3H3,(H,20,24). The van der Waals surface area contributed by atoms with Gasteiger partial charge in [-0.2, -0.15) is 0 Å². The number of rotatable bonds is 6. The summed E-state index contributed by atoms with van der Waals surface area (Å²) < 4.78 is 6.55. The van der Waals surface area contributed by atoms with E-state index in [0.717, 1.165) is 22.9 Å². The first-order valence-electron chi connectivity index (χ1n) is 8.31. The minimum Gasteiger partial charge on any atom is -0.465 e. The number of fused-ring (bicyclic) bond motifs is 1. The van der Waals surface area contributed by atoms with Crippen LogP contribution in [0.1, 0.15) is 35.0 Å². The Bertz CT molecular complexity index is 1010. The van der Waals surface area contributed by atoms with Crippen molar-refractivity contribution < 1.29 is 9.53 Å². The lowest BCUT2D eigenvalue weighted by Gasteiger charge is -2.13. The lowest BCUT2D eigenvalue weighted by Crippen LogP contribution is -2.17. The van der Waals surface area contributed by atoms with Gasteiger partial charge in [0.2, 0.25) is 0 Å². The summed E-state index contributed by atoms with van der Waals surface area (Å²) in [4.78, 5) is 28.8. The Hall–Kier alpha value is -2.61. The van der Waals surface area contributed by atoms with Crippen molar-refractivity contribution in [3.05, 3.63) is 51.6 Å². The summed E-state index contributed by atoms with van der Waals surface area (Å²) in [7, 11) is 1.36. The van der Waals surface area contributed by atoms with Gasteiger partial charge in [0.05, 0.1) is 23.9 Å². The fraction of sp³-hybridized carbons (Fsp3) is 0.333. The molecule has 0 amide bonds. The molecular weight excluding hydrogens is 352 g/mol. The third kappa shape index (κ3) is 3.37. The summed E-state index contributed by atoms with van der Waals surface area (Å²) in [5, 5.41) is 8.05. The normalized spacial score (nSPS) is 11.0. The first-order valence-corrected chi connectivity index (χ1v) is 9.29. The van der Waals surface area contributed by atoms with E-state index in [-0.39, 0.29) is 5.69 Å². The second-order valence-electron chi connectivity index (χ2n) is 5.82. The number of nitrogens with zero attached hydrogens (tertiary/aromatic N) is 3. The third-order valence-electron chi connectivity index (χ3n) is 4.13. The maximum atomic E-state index is 12.3. The van der Waals surface area contributed by atoms with Gasteiger partial charge in [-0.25, -0.2) is 14.7 Å². The molecule has 0 aliphatic rings. The molecule has 26 heavy (non-hydrogen) atoms. The molecule has 1 N–H and O–H groups in total. The minimum absolute atomic E-state index is 0.231. The summed E-state index contributed by atoms with van der Waals surface area (Å²) >= 11 is 1.37. The quantitative estimate of drug-likeness (QED) is 0.528. The van der Waals surface area contributed by atoms with Gasteiger partial charge in [0.1, 0.15) is 0 Å². The Morgan fingerprint density at radius 1 is 1.35 bits per heavy atom. The number of thioether (sulfide) groups is 1. The molecule has 2 aromatic heterocycles. The smallest absolute Gasteiger partial charge is 0.343 e. The van der Waals surface area contributed by atoms with Crippen molar-refractivity contribution in [2.45, 2.75) is 37.7 Å². The van der Waals surface area contributed by atoms with Gasteiger partial charge in [-0.05, 0) is 25.0 Å². The van der Waals surface area contributed by atoms with Gasteiger partial charge >= 0.3 is 11.7 Å². The Morgan fingerprint density at radius 2 is 2.12 bits per heavy atom. The van der Waals surface area contributed by atoms with Crippen LogP contribution >= 0.6 is 11.8 Å². The van der Waals surface area contributed by atoms with Crippen molar-refractivity contribution in [3.8, 4) is 0 Å². The number of aromatic amines is 1. The predicted octanol–water partition coefficient (Wildman–Crippen LogP) is 2.92. The number of ether oxygens (including phenoxy) is 1. The largest absolute Gasteiger partial charge is 0.465 e. The summed E-state index contributed by atoms with van der Waals surface area (Å²) in [6, 6.07) is 7.68. The van der Waals surface area contributed by atoms with Crippen LogP contribution in [-0.2, 0) is 17.0 Å². The van der Waals surface area contributed by atoms with Crippen LogP contribution in [-0.4, -0.2) is 32.8 Å². The highest BCUT2D eigenvalue weighted by atomic mass is 32.2. The molecule has 0 bridgehead atoms. The molecule has 7 nitrogen and oxygen atoms in total. The van der Waals surface area contributed by atoms with Crippen LogP contribution < -0.4 is 5.69 Å². The number of methoxy groups -OCH3 is 1. The van der Waals surface area contributed by atoms with Crippen molar-refractivity contribution in [3.63, 3.8) is 0 Å². The van der Waals surface area contributed by atoms with E-state index < -0.39 is 5.97 Å². The number of hydrogen-bond donors (Lipinski definition) is 1. The molecule has 3 rings (SSSR count). The summed E-state index contributed by atoms with van der Waals surface area (Å²) in [5.41, 5.74) is 2.52. The predicted molar refractivity (Wildman–Crippen MR) is 101 cm³/mol. The Kier molecular flexibility index (Phi) is 5.41. The molecule has 2 heterocycles. The number of aromatic nitrogens is 4. The van der Waals surface area contributed by atoms with Crippen molar-refractivity contribution in [1.82, 2.24) is 19.7 Å². The zero-order chi connectivity index (χ0) is 18.7. The van der Waals surface area contributed by atoms with Crippen LogP contribution in [0.4, 0.5) is 0 Å². The number of aryl methyl sites for hydroxylation is 1. The fourth-order valence-corrected chi connectivity index (χ4v) is 3.80. The molecule has 136 valence electrons. The van der Waals surface area contributed by atoms with E-state index in [1.807, 2.05) is 38.1 Å². The minimum atomic E-state index is -0.413. The van der Waals surface area contributed by atoms with Crippen LogP contribution in [0.25, 0.3) is 10.9 Å². The lowest BCUT2D eigenvalue weighted by molar-refractivity contribution is 0.0598. The van der Waals surface area contributed by atoms with Gasteiger partial charge in [-0.1, -0.05) is 36.9 Å². The number of nitrogens with one attached hydrogen (secondary N) is 1. The summed E-state index contributed by atoms with van der Waals surface area (Å²) in [5.74, 6) is -0.00580. The number of hydrogen-bond acceptors (Lipinski definition) is 6. The third-order valence-corrected chi connectivity index (χ3v) is 5.11. The second-order valence-corrected chi connectivity index (χ2v) is 6.76. The zero-order valence-electron chi connectivity index (χ0n) is 14.9. The Labute approximate surface area is 154 Å². The highest BCUT2D eigenvalue weighted by Crippen LogP contribution is 2.28. The van der Waals surface area contributed by atoms with Crippen LogP contribution in [0, 0.1) is 6.92 Å². The molecule has 0 radical (unpaired) electrons. The van der Waals surface area contributed by atoms with E-state index in [0.29, 0.717) is 28.7 Å². The molecule has 0 fully saturated rings. The molecule has 3 aromatic rings. The van der Waals surface area contributed by atoms with E-state index in [2.05, 4.69) is 15.2 Å². The average Bonchev–Trinajstić information content (AvgIpc) is 3.00. The highest BCUT2D eigenvalue weighted by Gasteiger charge is 2.20. The molecule has 0 spiro atoms. The van der Waals surface area contributed by atoms with Crippen LogP contribution in [0.15, 0.2) is 34.2 Å². The van der Waals surface area contributed by atoms with E-state index in [9.17, 15) is 9.59 Å². The molecular formula is C18H20N4O3S. The number of H-pyrrole nitrogens is 1. The van der Waals surface area contributed by atoms with Gasteiger partial charge < -0.3 is 4.74 Å². The first-order chi connectivity index (χ1) is 12.6. The van der Waals surface area contributed by atoms with Gasteiger partial charge in [-0.15, -0.1) is 5.10 Å². The molecule has 0 aliphatic heterocycles. The van der Waals surface area contributed by atoms with Crippen LogP contribution in [0.5, 0.6) is 0 Å². The maximum absolute atomic E-state index is 12.3. The van der Waals surface area contributed by atoms with Crippen molar-refractivity contribution >= 4 is 28.6 Å². The highest BCUT2D eigenvalue weighted by molar-refractivity contribution is 7.98. The number of benzene rings is 1. The molecule has 8 heteroatoms. The molecule has 0 aliphatic carbocycles. The molecule has 0 saturated carbocycles. The molecule has 0 saturated heterocycles. The fourth-order valence-electron chi connectivity index (χ4n) is 2.89.